The summed E-state index contributed by atoms with van der Waals surface area (Å²) in [5.74, 6) is 1.95. The van der Waals surface area contributed by atoms with Gasteiger partial charge in [-0.15, -0.1) is 0 Å². The van der Waals surface area contributed by atoms with Crippen molar-refractivity contribution in [1.82, 2.24) is 25.3 Å². The van der Waals surface area contributed by atoms with Crippen molar-refractivity contribution in [3.63, 3.8) is 0 Å². The summed E-state index contributed by atoms with van der Waals surface area (Å²) in [6.07, 6.45) is 4.47. The van der Waals surface area contributed by atoms with Crippen LogP contribution < -0.4 is 5.73 Å². The van der Waals surface area contributed by atoms with Gasteiger partial charge < -0.3 is 10.3 Å². The van der Waals surface area contributed by atoms with E-state index in [1.165, 1.54) is 11.9 Å². The lowest BCUT2D eigenvalue weighted by Crippen LogP contribution is -2.44. The Morgan fingerprint density at radius 1 is 1.26 bits per heavy atom. The molecule has 2 heterocycles. The monoisotopic (exact) mass is 328 g/mol. The van der Waals surface area contributed by atoms with Crippen LogP contribution in [0.1, 0.15) is 30.7 Å². The van der Waals surface area contributed by atoms with E-state index in [1.54, 1.807) is 11.8 Å². The van der Waals surface area contributed by atoms with Crippen molar-refractivity contribution in [2.75, 3.05) is 0 Å². The Bertz CT molecular complexity index is 779. The van der Waals surface area contributed by atoms with Gasteiger partial charge in [-0.3, -0.25) is 5.10 Å². The molecular formula is C15H16N6OS. The van der Waals surface area contributed by atoms with Gasteiger partial charge in [0, 0.05) is 11.3 Å². The first-order valence-corrected chi connectivity index (χ1v) is 8.42. The summed E-state index contributed by atoms with van der Waals surface area (Å²) in [5, 5.41) is 11.5. The minimum Gasteiger partial charge on any atom is -0.334 e. The molecule has 1 fully saturated rings. The van der Waals surface area contributed by atoms with Gasteiger partial charge in [-0.25, -0.2) is 4.98 Å². The molecule has 0 amide bonds. The molecule has 3 aromatic rings. The van der Waals surface area contributed by atoms with Crippen LogP contribution in [0.3, 0.4) is 0 Å². The maximum absolute atomic E-state index is 6.22. The third-order valence-corrected chi connectivity index (χ3v) is 5.03. The van der Waals surface area contributed by atoms with E-state index in [-0.39, 0.29) is 0 Å². The Balaban J connectivity index is 1.45. The van der Waals surface area contributed by atoms with Gasteiger partial charge in [0.1, 0.15) is 6.33 Å². The van der Waals surface area contributed by atoms with E-state index in [0.29, 0.717) is 11.7 Å². The number of hydrogen-bond donors (Lipinski definition) is 2. The van der Waals surface area contributed by atoms with Crippen molar-refractivity contribution in [3.8, 4) is 11.5 Å². The zero-order valence-electron chi connectivity index (χ0n) is 12.4. The summed E-state index contributed by atoms with van der Waals surface area (Å²) in [4.78, 5) is 8.55. The van der Waals surface area contributed by atoms with Crippen LogP contribution in [0, 0.1) is 0 Å². The van der Waals surface area contributed by atoms with Crippen LogP contribution in [0.4, 0.5) is 0 Å². The molecule has 1 aliphatic rings. The van der Waals surface area contributed by atoms with Crippen LogP contribution in [-0.4, -0.2) is 25.3 Å². The van der Waals surface area contributed by atoms with E-state index in [4.69, 9.17) is 10.3 Å². The molecule has 1 saturated carbocycles. The number of nitrogens with two attached hydrogens (primary N) is 1. The molecule has 118 valence electrons. The molecule has 23 heavy (non-hydrogen) atoms. The molecule has 0 unspecified atom stereocenters. The first-order valence-electron chi connectivity index (χ1n) is 7.43. The lowest BCUT2D eigenvalue weighted by atomic mass is 9.77. The van der Waals surface area contributed by atoms with Crippen molar-refractivity contribution in [1.29, 1.82) is 0 Å². The van der Waals surface area contributed by atoms with Crippen molar-refractivity contribution in [2.45, 2.75) is 35.7 Å². The van der Waals surface area contributed by atoms with E-state index in [0.717, 1.165) is 35.7 Å². The van der Waals surface area contributed by atoms with Crippen molar-refractivity contribution in [3.05, 3.63) is 42.0 Å². The first-order chi connectivity index (χ1) is 11.2. The van der Waals surface area contributed by atoms with Gasteiger partial charge in [0.15, 0.2) is 11.0 Å². The van der Waals surface area contributed by atoms with E-state index >= 15 is 0 Å². The highest BCUT2D eigenvalue weighted by Gasteiger charge is 2.39. The number of aromatic amines is 1. The molecule has 1 aliphatic carbocycles. The molecule has 0 radical (unpaired) electrons. The summed E-state index contributed by atoms with van der Waals surface area (Å²) in [6, 6.07) is 8.06. The maximum Gasteiger partial charge on any atom is 0.257 e. The van der Waals surface area contributed by atoms with Crippen molar-refractivity contribution < 1.29 is 4.52 Å². The van der Waals surface area contributed by atoms with Crippen LogP contribution in [0.15, 0.2) is 40.3 Å². The lowest BCUT2D eigenvalue weighted by molar-refractivity contribution is 0.229. The number of aromatic nitrogens is 5. The van der Waals surface area contributed by atoms with Crippen LogP contribution >= 0.6 is 11.8 Å². The predicted octanol–water partition coefficient (Wildman–Crippen LogP) is 2.48. The average Bonchev–Trinajstić information content (AvgIpc) is 3.23. The summed E-state index contributed by atoms with van der Waals surface area (Å²) in [7, 11) is 0. The molecule has 1 aromatic carbocycles. The Morgan fingerprint density at radius 3 is 2.74 bits per heavy atom. The Labute approximate surface area is 137 Å². The maximum atomic E-state index is 6.22. The minimum absolute atomic E-state index is 0.393. The highest BCUT2D eigenvalue weighted by atomic mass is 32.2. The van der Waals surface area contributed by atoms with E-state index < -0.39 is 5.54 Å². The molecule has 0 atom stereocenters. The highest BCUT2D eigenvalue weighted by Crippen LogP contribution is 2.37. The topological polar surface area (TPSA) is 107 Å². The van der Waals surface area contributed by atoms with Gasteiger partial charge in [-0.05, 0) is 37.0 Å². The van der Waals surface area contributed by atoms with Gasteiger partial charge >= 0.3 is 0 Å². The standard InChI is InChI=1S/C15H16N6OS/c16-15(6-1-7-15)13-19-12(22-21-13)11-4-2-10(3-5-11)8-23-14-17-9-18-20-14/h2-5,9H,1,6-8,16H2,(H,17,18,20). The molecule has 0 bridgehead atoms. The summed E-state index contributed by atoms with van der Waals surface area (Å²) >= 11 is 1.60. The number of benzene rings is 1. The average molecular weight is 328 g/mol. The van der Waals surface area contributed by atoms with Crippen LogP contribution in [0.5, 0.6) is 0 Å². The normalized spacial score (nSPS) is 16.2. The number of thioether (sulfide) groups is 1. The van der Waals surface area contributed by atoms with Gasteiger partial charge in [-0.1, -0.05) is 29.1 Å². The summed E-state index contributed by atoms with van der Waals surface area (Å²) < 4.78 is 5.36. The van der Waals surface area contributed by atoms with Gasteiger partial charge in [0.05, 0.1) is 5.54 Å². The number of hydrogen-bond acceptors (Lipinski definition) is 7. The predicted molar refractivity (Wildman–Crippen MR) is 85.4 cm³/mol. The SMILES string of the molecule is NC1(c2noc(-c3ccc(CSc4ncn[nH]4)cc3)n2)CCC1. The van der Waals surface area contributed by atoms with Crippen molar-refractivity contribution in [2.24, 2.45) is 5.73 Å². The fraction of sp³-hybridized carbons (Fsp3) is 0.333. The summed E-state index contributed by atoms with van der Waals surface area (Å²) in [6.45, 7) is 0. The summed E-state index contributed by atoms with van der Waals surface area (Å²) in [5.41, 5.74) is 7.92. The van der Waals surface area contributed by atoms with Gasteiger partial charge in [-0.2, -0.15) is 10.1 Å². The smallest absolute Gasteiger partial charge is 0.257 e. The van der Waals surface area contributed by atoms with Gasteiger partial charge in [0.2, 0.25) is 0 Å². The number of nitrogens with one attached hydrogen (secondary N) is 1. The molecule has 0 saturated heterocycles. The third kappa shape index (κ3) is 2.87. The molecule has 0 aliphatic heterocycles. The molecule has 7 nitrogen and oxygen atoms in total. The quantitative estimate of drug-likeness (QED) is 0.693. The van der Waals surface area contributed by atoms with E-state index in [2.05, 4.69) is 25.3 Å². The molecule has 4 rings (SSSR count). The first kappa shape index (κ1) is 14.4. The largest absolute Gasteiger partial charge is 0.334 e. The van der Waals surface area contributed by atoms with Crippen LogP contribution in [0.2, 0.25) is 0 Å². The third-order valence-electron chi connectivity index (χ3n) is 4.09. The van der Waals surface area contributed by atoms with Crippen molar-refractivity contribution >= 4 is 11.8 Å². The second-order valence-electron chi connectivity index (χ2n) is 5.71. The Hall–Kier alpha value is -2.19. The van der Waals surface area contributed by atoms with E-state index in [9.17, 15) is 0 Å². The minimum atomic E-state index is -0.393. The molecule has 2 aromatic heterocycles. The highest BCUT2D eigenvalue weighted by molar-refractivity contribution is 7.98. The second-order valence-corrected chi connectivity index (χ2v) is 6.67. The lowest BCUT2D eigenvalue weighted by Gasteiger charge is -2.34. The van der Waals surface area contributed by atoms with E-state index in [1.807, 2.05) is 24.3 Å². The number of H-pyrrole nitrogens is 1. The number of nitrogens with zero attached hydrogens (tertiary/aromatic N) is 4. The van der Waals surface area contributed by atoms with Crippen LogP contribution in [0.25, 0.3) is 11.5 Å². The fourth-order valence-electron chi connectivity index (χ4n) is 2.48. The fourth-order valence-corrected chi connectivity index (χ4v) is 3.22. The Morgan fingerprint density at radius 2 is 2.09 bits per heavy atom. The molecule has 0 spiro atoms. The zero-order valence-corrected chi connectivity index (χ0v) is 13.2. The second kappa shape index (κ2) is 5.78. The number of rotatable bonds is 5. The molecular weight excluding hydrogens is 312 g/mol. The zero-order chi connectivity index (χ0) is 15.7. The Kier molecular flexibility index (Phi) is 3.62. The van der Waals surface area contributed by atoms with Gasteiger partial charge in [0.25, 0.3) is 5.89 Å². The molecule has 8 heteroatoms. The van der Waals surface area contributed by atoms with Crippen LogP contribution in [-0.2, 0) is 11.3 Å². The molecule has 3 N–H and O–H groups in total.